The van der Waals surface area contributed by atoms with Crippen molar-refractivity contribution < 1.29 is 21.9 Å². The maximum Gasteiger partial charge on any atom is 0.243 e. The summed E-state index contributed by atoms with van der Waals surface area (Å²) in [5.74, 6) is 0. The Morgan fingerprint density at radius 1 is 1.37 bits per heavy atom. The molecule has 0 aliphatic heterocycles. The first-order chi connectivity index (χ1) is 8.81. The number of rotatable bonds is 6. The lowest BCUT2D eigenvalue weighted by atomic mass is 10.3. The molecule has 0 bridgehead atoms. The minimum Gasteiger partial charge on any atom is -0.746 e. The SMILES string of the molecule is CCCC(F)S(=O)(=O)[O-].CCCCn1cc[n+](C)c1. The molecule has 0 amide bonds. The Bertz CT molecular complexity index is 446. The van der Waals surface area contributed by atoms with Gasteiger partial charge in [0.25, 0.3) is 0 Å². The zero-order valence-electron chi connectivity index (χ0n) is 11.8. The highest BCUT2D eigenvalue weighted by molar-refractivity contribution is 7.86. The molecule has 1 aromatic heterocycles. The van der Waals surface area contributed by atoms with Crippen LogP contribution < -0.4 is 4.57 Å². The number of aryl methyl sites for hydroxylation is 2. The van der Waals surface area contributed by atoms with Gasteiger partial charge in [0.05, 0.1) is 13.6 Å². The van der Waals surface area contributed by atoms with Crippen molar-refractivity contribution in [2.45, 2.75) is 51.6 Å². The Morgan fingerprint density at radius 2 is 2.00 bits per heavy atom. The second-order valence-corrected chi connectivity index (χ2v) is 5.86. The number of aromatic nitrogens is 2. The third-order valence-corrected chi connectivity index (χ3v) is 3.28. The van der Waals surface area contributed by atoms with E-state index in [1.807, 2.05) is 7.05 Å². The molecule has 19 heavy (non-hydrogen) atoms. The molecule has 1 unspecified atom stereocenters. The van der Waals surface area contributed by atoms with E-state index in [4.69, 9.17) is 0 Å². The van der Waals surface area contributed by atoms with Crippen LogP contribution in [0.5, 0.6) is 0 Å². The first-order valence-electron chi connectivity index (χ1n) is 6.41. The number of hydrogen-bond donors (Lipinski definition) is 0. The molecule has 0 aliphatic rings. The third kappa shape index (κ3) is 8.72. The Kier molecular flexibility index (Phi) is 8.58. The standard InChI is InChI=1S/C8H15N2.C4H9FO3S/c1-3-4-5-10-7-6-9(2)8-10;1-2-3-4(5)9(6,7)8/h6-8H,3-5H2,1-2H3;4H,2-3H2,1H3,(H,6,7,8)/q+1;/p-1. The summed E-state index contributed by atoms with van der Waals surface area (Å²) in [4.78, 5) is 0. The summed E-state index contributed by atoms with van der Waals surface area (Å²) in [5.41, 5.74) is -2.22. The van der Waals surface area contributed by atoms with Crippen LogP contribution in [-0.4, -0.2) is 23.0 Å². The molecule has 0 saturated heterocycles. The second-order valence-electron chi connectivity index (χ2n) is 4.36. The van der Waals surface area contributed by atoms with Crippen LogP contribution in [0.3, 0.4) is 0 Å². The number of nitrogens with zero attached hydrogens (tertiary/aromatic N) is 2. The topological polar surface area (TPSA) is 66.0 Å². The van der Waals surface area contributed by atoms with Gasteiger partial charge in [0.1, 0.15) is 22.5 Å². The van der Waals surface area contributed by atoms with Gasteiger partial charge in [-0.25, -0.2) is 21.9 Å². The quantitative estimate of drug-likeness (QED) is 0.593. The summed E-state index contributed by atoms with van der Waals surface area (Å²) in [5, 5.41) is 0. The van der Waals surface area contributed by atoms with Gasteiger partial charge in [0.15, 0.2) is 5.50 Å². The van der Waals surface area contributed by atoms with E-state index in [9.17, 15) is 17.4 Å². The molecule has 0 saturated carbocycles. The minimum atomic E-state index is -4.68. The fourth-order valence-electron chi connectivity index (χ4n) is 1.35. The van der Waals surface area contributed by atoms with Crippen LogP contribution in [0.25, 0.3) is 0 Å². The molecule has 0 aliphatic carbocycles. The van der Waals surface area contributed by atoms with Gasteiger partial charge in [-0.15, -0.1) is 0 Å². The summed E-state index contributed by atoms with van der Waals surface area (Å²) in [6.07, 6.45) is 8.98. The highest BCUT2D eigenvalue weighted by Gasteiger charge is 2.11. The molecule has 1 rings (SSSR count). The molecular weight excluding hydrogens is 271 g/mol. The number of imidazole rings is 1. The minimum absolute atomic E-state index is 0.203. The first kappa shape index (κ1) is 18.0. The highest BCUT2D eigenvalue weighted by atomic mass is 32.2. The van der Waals surface area contributed by atoms with Crippen LogP contribution in [-0.2, 0) is 23.7 Å². The zero-order chi connectivity index (χ0) is 14.9. The second kappa shape index (κ2) is 9.03. The molecule has 0 fully saturated rings. The number of unbranched alkanes of at least 4 members (excludes halogenated alkanes) is 1. The van der Waals surface area contributed by atoms with E-state index < -0.39 is 15.6 Å². The molecule has 1 aromatic rings. The van der Waals surface area contributed by atoms with Crippen molar-refractivity contribution in [2.24, 2.45) is 7.05 Å². The van der Waals surface area contributed by atoms with Gasteiger partial charge in [-0.1, -0.05) is 26.7 Å². The lowest BCUT2D eigenvalue weighted by Gasteiger charge is -2.10. The van der Waals surface area contributed by atoms with Crippen molar-refractivity contribution >= 4 is 10.1 Å². The van der Waals surface area contributed by atoms with Crippen molar-refractivity contribution in [3.05, 3.63) is 18.7 Å². The van der Waals surface area contributed by atoms with Gasteiger partial charge < -0.3 is 4.55 Å². The van der Waals surface area contributed by atoms with Gasteiger partial charge in [0.2, 0.25) is 6.33 Å². The van der Waals surface area contributed by atoms with E-state index in [-0.39, 0.29) is 6.42 Å². The van der Waals surface area contributed by atoms with E-state index in [1.54, 1.807) is 6.92 Å². The monoisotopic (exact) mass is 294 g/mol. The van der Waals surface area contributed by atoms with Crippen LogP contribution in [0, 0.1) is 0 Å². The van der Waals surface area contributed by atoms with Crippen molar-refractivity contribution in [3.8, 4) is 0 Å². The van der Waals surface area contributed by atoms with Crippen LogP contribution in [0.1, 0.15) is 39.5 Å². The molecule has 5 nitrogen and oxygen atoms in total. The molecule has 0 N–H and O–H groups in total. The number of hydrogen-bond acceptors (Lipinski definition) is 3. The molecule has 0 aromatic carbocycles. The lowest BCUT2D eigenvalue weighted by molar-refractivity contribution is -0.671. The van der Waals surface area contributed by atoms with Crippen molar-refractivity contribution in [2.75, 3.05) is 0 Å². The average molecular weight is 294 g/mol. The molecule has 0 spiro atoms. The van der Waals surface area contributed by atoms with E-state index >= 15 is 0 Å². The fraction of sp³-hybridized carbons (Fsp3) is 0.750. The van der Waals surface area contributed by atoms with Crippen molar-refractivity contribution in [1.29, 1.82) is 0 Å². The Morgan fingerprint density at radius 3 is 2.32 bits per heavy atom. The summed E-state index contributed by atoms with van der Waals surface area (Å²) >= 11 is 0. The smallest absolute Gasteiger partial charge is 0.243 e. The molecule has 0 radical (unpaired) electrons. The van der Waals surface area contributed by atoms with Crippen LogP contribution in [0.4, 0.5) is 4.39 Å². The Hall–Kier alpha value is -0.950. The summed E-state index contributed by atoms with van der Waals surface area (Å²) in [7, 11) is -2.64. The maximum atomic E-state index is 12.0. The molecule has 1 heterocycles. The summed E-state index contributed by atoms with van der Waals surface area (Å²) in [6.45, 7) is 4.97. The molecular formula is C12H23FN2O3S. The first-order valence-corrected chi connectivity index (χ1v) is 7.88. The van der Waals surface area contributed by atoms with Gasteiger partial charge >= 0.3 is 0 Å². The predicted molar refractivity (Wildman–Crippen MR) is 70.0 cm³/mol. The average Bonchev–Trinajstić information content (AvgIpc) is 2.72. The van der Waals surface area contributed by atoms with Crippen molar-refractivity contribution in [1.82, 2.24) is 4.57 Å². The van der Waals surface area contributed by atoms with E-state index in [1.165, 1.54) is 12.8 Å². The zero-order valence-corrected chi connectivity index (χ0v) is 12.6. The molecule has 1 atom stereocenters. The third-order valence-electron chi connectivity index (χ3n) is 2.42. The van der Waals surface area contributed by atoms with E-state index in [0.29, 0.717) is 6.42 Å². The van der Waals surface area contributed by atoms with E-state index in [2.05, 4.69) is 34.8 Å². The Balaban J connectivity index is 0.000000344. The lowest BCUT2D eigenvalue weighted by Crippen LogP contribution is -2.23. The van der Waals surface area contributed by atoms with Gasteiger partial charge in [-0.3, -0.25) is 0 Å². The number of halogens is 1. The normalized spacial score (nSPS) is 12.7. The van der Waals surface area contributed by atoms with Crippen LogP contribution >= 0.6 is 0 Å². The van der Waals surface area contributed by atoms with Gasteiger partial charge in [0, 0.05) is 0 Å². The summed E-state index contributed by atoms with van der Waals surface area (Å²) in [6, 6.07) is 0. The summed E-state index contributed by atoms with van der Waals surface area (Å²) < 4.78 is 45.7. The highest BCUT2D eigenvalue weighted by Crippen LogP contribution is 2.06. The molecule has 7 heteroatoms. The van der Waals surface area contributed by atoms with Gasteiger partial charge in [-0.05, 0) is 12.8 Å². The van der Waals surface area contributed by atoms with E-state index in [0.717, 1.165) is 6.54 Å². The largest absolute Gasteiger partial charge is 0.746 e. The predicted octanol–water partition coefficient (Wildman–Crippen LogP) is 1.74. The molecule has 112 valence electrons. The van der Waals surface area contributed by atoms with Crippen LogP contribution in [0.15, 0.2) is 18.7 Å². The van der Waals surface area contributed by atoms with Gasteiger partial charge in [-0.2, -0.15) is 0 Å². The fourth-order valence-corrected chi connectivity index (χ4v) is 1.87. The maximum absolute atomic E-state index is 12.0. The number of alkyl halides is 1. The van der Waals surface area contributed by atoms with Crippen molar-refractivity contribution in [3.63, 3.8) is 0 Å². The van der Waals surface area contributed by atoms with Crippen LogP contribution in [0.2, 0.25) is 0 Å². The Labute approximate surface area is 114 Å².